The number of aliphatic carboxylic acids is 1. The average Bonchev–Trinajstić information content (AvgIpc) is 3.12. The molecule has 0 aromatic heterocycles. The normalized spacial score (nSPS) is 36.0. The molecule has 2 aliphatic carbocycles. The van der Waals surface area contributed by atoms with Gasteiger partial charge in [-0.3, -0.25) is 9.59 Å². The van der Waals surface area contributed by atoms with Crippen molar-refractivity contribution in [3.8, 4) is 0 Å². The number of piperidine rings is 1. The van der Waals surface area contributed by atoms with Crippen molar-refractivity contribution >= 4 is 11.9 Å². The van der Waals surface area contributed by atoms with E-state index in [4.69, 9.17) is 5.11 Å². The summed E-state index contributed by atoms with van der Waals surface area (Å²) in [6.07, 6.45) is 6.28. The van der Waals surface area contributed by atoms with Gasteiger partial charge >= 0.3 is 5.97 Å². The molecule has 0 spiro atoms. The molecule has 1 unspecified atom stereocenters. The quantitative estimate of drug-likeness (QED) is 0.813. The zero-order valence-corrected chi connectivity index (χ0v) is 10.7. The summed E-state index contributed by atoms with van der Waals surface area (Å²) in [6, 6.07) is 0. The second-order valence-corrected chi connectivity index (χ2v) is 6.08. The molecular formula is C14H21NO3. The van der Waals surface area contributed by atoms with Crippen LogP contribution in [0.2, 0.25) is 0 Å². The molecule has 4 heteroatoms. The minimum Gasteiger partial charge on any atom is -0.481 e. The third-order valence-electron chi connectivity index (χ3n) is 5.10. The standard InChI is InChI=1S/C14H21NO3/c16-13(12-10-3-1-2-4-11(10)12)15-7-5-9(6-8-15)14(17)18/h9-12H,1-8H2,(H,17,18)/t10-,11+,12?. The molecular weight excluding hydrogens is 230 g/mol. The molecule has 1 N–H and O–H groups in total. The number of likely N-dealkylation sites (tertiary alicyclic amines) is 1. The number of carboxylic acid groups (broad SMARTS) is 1. The average molecular weight is 251 g/mol. The highest BCUT2D eigenvalue weighted by atomic mass is 16.4. The highest BCUT2D eigenvalue weighted by Gasteiger charge is 2.55. The predicted octanol–water partition coefficient (Wildman–Crippen LogP) is 1.75. The maximum Gasteiger partial charge on any atom is 0.306 e. The number of carboxylic acids is 1. The lowest BCUT2D eigenvalue weighted by Crippen LogP contribution is -2.41. The summed E-state index contributed by atoms with van der Waals surface area (Å²) in [5, 5.41) is 8.95. The van der Waals surface area contributed by atoms with Crippen LogP contribution >= 0.6 is 0 Å². The minimum atomic E-state index is -0.706. The molecule has 1 amide bonds. The second-order valence-electron chi connectivity index (χ2n) is 6.08. The lowest BCUT2D eigenvalue weighted by molar-refractivity contribution is -0.146. The molecule has 0 aromatic carbocycles. The number of hydrogen-bond donors (Lipinski definition) is 1. The molecule has 2 saturated carbocycles. The summed E-state index contributed by atoms with van der Waals surface area (Å²) in [5.74, 6) is 0.967. The van der Waals surface area contributed by atoms with Crippen molar-refractivity contribution in [2.45, 2.75) is 38.5 Å². The lowest BCUT2D eigenvalue weighted by Gasteiger charge is -2.30. The molecule has 3 aliphatic rings. The second kappa shape index (κ2) is 4.56. The largest absolute Gasteiger partial charge is 0.481 e. The molecule has 3 atom stereocenters. The molecule has 0 bridgehead atoms. The Morgan fingerprint density at radius 2 is 1.50 bits per heavy atom. The summed E-state index contributed by atoms with van der Waals surface area (Å²) in [7, 11) is 0. The van der Waals surface area contributed by atoms with Crippen LogP contribution in [0.15, 0.2) is 0 Å². The fraction of sp³-hybridized carbons (Fsp3) is 0.857. The smallest absolute Gasteiger partial charge is 0.306 e. The van der Waals surface area contributed by atoms with Gasteiger partial charge < -0.3 is 10.0 Å². The number of rotatable bonds is 2. The van der Waals surface area contributed by atoms with E-state index in [1.807, 2.05) is 4.90 Å². The van der Waals surface area contributed by atoms with E-state index in [9.17, 15) is 9.59 Å². The van der Waals surface area contributed by atoms with Gasteiger partial charge in [0, 0.05) is 19.0 Å². The molecule has 0 radical (unpaired) electrons. The number of amides is 1. The number of carbonyl (C=O) groups is 2. The van der Waals surface area contributed by atoms with E-state index < -0.39 is 5.97 Å². The van der Waals surface area contributed by atoms with E-state index in [0.717, 1.165) is 0 Å². The molecule has 1 saturated heterocycles. The number of nitrogens with zero attached hydrogens (tertiary/aromatic N) is 1. The summed E-state index contributed by atoms with van der Waals surface area (Å²) in [6.45, 7) is 1.29. The van der Waals surface area contributed by atoms with Crippen molar-refractivity contribution in [1.82, 2.24) is 4.90 Å². The van der Waals surface area contributed by atoms with E-state index in [1.54, 1.807) is 0 Å². The Balaban J connectivity index is 1.54. The lowest BCUT2D eigenvalue weighted by atomic mass is 9.97. The molecule has 100 valence electrons. The molecule has 0 aromatic rings. The zero-order valence-electron chi connectivity index (χ0n) is 10.7. The topological polar surface area (TPSA) is 57.6 Å². The molecule has 3 fully saturated rings. The molecule has 1 heterocycles. The highest BCUT2D eigenvalue weighted by molar-refractivity contribution is 5.82. The van der Waals surface area contributed by atoms with Crippen LogP contribution in [0.5, 0.6) is 0 Å². The van der Waals surface area contributed by atoms with Crippen molar-refractivity contribution < 1.29 is 14.7 Å². The summed E-state index contributed by atoms with van der Waals surface area (Å²) in [5.41, 5.74) is 0. The Morgan fingerprint density at radius 3 is 2.00 bits per heavy atom. The van der Waals surface area contributed by atoms with Crippen molar-refractivity contribution in [2.75, 3.05) is 13.1 Å². The van der Waals surface area contributed by atoms with E-state index >= 15 is 0 Å². The maximum atomic E-state index is 12.4. The first-order chi connectivity index (χ1) is 8.68. The molecule has 3 rings (SSSR count). The van der Waals surface area contributed by atoms with Crippen molar-refractivity contribution in [3.63, 3.8) is 0 Å². The predicted molar refractivity (Wildman–Crippen MR) is 65.9 cm³/mol. The van der Waals surface area contributed by atoms with E-state index in [2.05, 4.69) is 0 Å². The third kappa shape index (κ3) is 2.02. The summed E-state index contributed by atoms with van der Waals surface area (Å²) >= 11 is 0. The van der Waals surface area contributed by atoms with E-state index in [0.29, 0.717) is 43.7 Å². The number of carbonyl (C=O) groups excluding carboxylic acids is 1. The van der Waals surface area contributed by atoms with Crippen LogP contribution in [0.25, 0.3) is 0 Å². The highest BCUT2D eigenvalue weighted by Crippen LogP contribution is 2.56. The fourth-order valence-electron chi connectivity index (χ4n) is 3.92. The van der Waals surface area contributed by atoms with Gasteiger partial charge in [-0.15, -0.1) is 0 Å². The van der Waals surface area contributed by atoms with Gasteiger partial charge in [-0.25, -0.2) is 0 Å². The van der Waals surface area contributed by atoms with Gasteiger partial charge in [0.25, 0.3) is 0 Å². The third-order valence-corrected chi connectivity index (χ3v) is 5.10. The van der Waals surface area contributed by atoms with Crippen LogP contribution in [0.1, 0.15) is 38.5 Å². The van der Waals surface area contributed by atoms with Crippen LogP contribution in [0.4, 0.5) is 0 Å². The van der Waals surface area contributed by atoms with Crippen LogP contribution in [-0.2, 0) is 9.59 Å². The Labute approximate surface area is 107 Å². The first kappa shape index (κ1) is 12.0. The fourth-order valence-corrected chi connectivity index (χ4v) is 3.92. The van der Waals surface area contributed by atoms with E-state index in [-0.39, 0.29) is 11.8 Å². The Hall–Kier alpha value is -1.06. The van der Waals surface area contributed by atoms with Gasteiger partial charge in [0.05, 0.1) is 5.92 Å². The molecule has 1 aliphatic heterocycles. The SMILES string of the molecule is O=C(O)C1CCN(C(=O)C2[C@H]3CCCC[C@@H]23)CC1. The van der Waals surface area contributed by atoms with Gasteiger partial charge in [0.2, 0.25) is 5.91 Å². The van der Waals surface area contributed by atoms with Gasteiger partial charge in [0.15, 0.2) is 0 Å². The Kier molecular flexibility index (Phi) is 3.04. The van der Waals surface area contributed by atoms with Crippen LogP contribution in [0, 0.1) is 23.7 Å². The number of hydrogen-bond acceptors (Lipinski definition) is 2. The zero-order chi connectivity index (χ0) is 12.7. The van der Waals surface area contributed by atoms with Gasteiger partial charge in [-0.1, -0.05) is 12.8 Å². The Morgan fingerprint density at radius 1 is 0.944 bits per heavy atom. The monoisotopic (exact) mass is 251 g/mol. The van der Waals surface area contributed by atoms with Crippen LogP contribution < -0.4 is 0 Å². The van der Waals surface area contributed by atoms with Crippen molar-refractivity contribution in [3.05, 3.63) is 0 Å². The molecule has 18 heavy (non-hydrogen) atoms. The Bertz CT molecular complexity index is 348. The summed E-state index contributed by atoms with van der Waals surface area (Å²) < 4.78 is 0. The van der Waals surface area contributed by atoms with Crippen molar-refractivity contribution in [2.24, 2.45) is 23.7 Å². The maximum absolute atomic E-state index is 12.4. The van der Waals surface area contributed by atoms with E-state index in [1.165, 1.54) is 25.7 Å². The summed E-state index contributed by atoms with van der Waals surface area (Å²) in [4.78, 5) is 25.2. The van der Waals surface area contributed by atoms with Crippen molar-refractivity contribution in [1.29, 1.82) is 0 Å². The minimum absolute atomic E-state index is 0.240. The van der Waals surface area contributed by atoms with Gasteiger partial charge in [-0.05, 0) is 37.5 Å². The van der Waals surface area contributed by atoms with Gasteiger partial charge in [0.1, 0.15) is 0 Å². The molecule has 4 nitrogen and oxygen atoms in total. The first-order valence-corrected chi connectivity index (χ1v) is 7.20. The first-order valence-electron chi connectivity index (χ1n) is 7.20. The van der Waals surface area contributed by atoms with Crippen LogP contribution in [0.3, 0.4) is 0 Å². The van der Waals surface area contributed by atoms with Crippen LogP contribution in [-0.4, -0.2) is 35.0 Å². The number of fused-ring (bicyclic) bond motifs is 1. The van der Waals surface area contributed by atoms with Gasteiger partial charge in [-0.2, -0.15) is 0 Å².